The number of sulfone groups is 1. The van der Waals surface area contributed by atoms with Crippen LogP contribution in [-0.4, -0.2) is 55.2 Å². The summed E-state index contributed by atoms with van der Waals surface area (Å²) in [7, 11) is -3.11. The zero-order valence-electron chi connectivity index (χ0n) is 13.9. The fourth-order valence-corrected chi connectivity index (χ4v) is 4.52. The van der Waals surface area contributed by atoms with Crippen LogP contribution in [0, 0.1) is 0 Å². The van der Waals surface area contributed by atoms with Crippen LogP contribution in [0.1, 0.15) is 30.7 Å². The molecular formula is C16H22Cl2N2O4S. The zero-order chi connectivity index (χ0) is 18.8. The van der Waals surface area contributed by atoms with Crippen molar-refractivity contribution >= 4 is 39.0 Å². The molecule has 1 saturated heterocycles. The highest BCUT2D eigenvalue weighted by Crippen LogP contribution is 2.29. The first-order valence-corrected chi connectivity index (χ1v) is 10.7. The van der Waals surface area contributed by atoms with Gasteiger partial charge in [0, 0.05) is 19.3 Å². The van der Waals surface area contributed by atoms with Crippen LogP contribution in [0.2, 0.25) is 10.0 Å². The molecule has 2 rings (SSSR count). The minimum Gasteiger partial charge on any atom is -0.481 e. The van der Waals surface area contributed by atoms with Crippen LogP contribution in [0.4, 0.5) is 0 Å². The van der Waals surface area contributed by atoms with Crippen LogP contribution in [0.25, 0.3) is 0 Å². The third kappa shape index (κ3) is 5.31. The fourth-order valence-electron chi connectivity index (χ4n) is 3.14. The minimum atomic E-state index is -3.11. The summed E-state index contributed by atoms with van der Waals surface area (Å²) in [5, 5.41) is 9.79. The van der Waals surface area contributed by atoms with Crippen molar-refractivity contribution in [1.82, 2.24) is 4.90 Å². The number of aliphatic carboxylic acids is 1. The molecule has 1 heterocycles. The Balaban J connectivity index is 2.02. The highest BCUT2D eigenvalue weighted by atomic mass is 35.5. The third-order valence-corrected chi connectivity index (χ3v) is 7.04. The molecule has 0 aromatic heterocycles. The summed E-state index contributed by atoms with van der Waals surface area (Å²) in [6.45, 7) is 1.00. The van der Waals surface area contributed by atoms with Gasteiger partial charge < -0.3 is 10.8 Å². The van der Waals surface area contributed by atoms with Gasteiger partial charge in [-0.1, -0.05) is 29.3 Å². The van der Waals surface area contributed by atoms with Gasteiger partial charge >= 0.3 is 5.97 Å². The summed E-state index contributed by atoms with van der Waals surface area (Å²) in [5.74, 6) is -1.67. The Hall–Kier alpha value is -0.860. The van der Waals surface area contributed by atoms with Crippen molar-refractivity contribution < 1.29 is 18.3 Å². The number of likely N-dealkylation sites (tertiary alicyclic amines) is 1. The number of nitrogens with two attached hydrogens (primary N) is 1. The van der Waals surface area contributed by atoms with Crippen LogP contribution in [0.3, 0.4) is 0 Å². The Kier molecular flexibility index (Phi) is 6.73. The molecule has 1 fully saturated rings. The Bertz CT molecular complexity index is 742. The number of carboxylic acid groups (broad SMARTS) is 1. The molecule has 140 valence electrons. The summed E-state index contributed by atoms with van der Waals surface area (Å²) in [4.78, 5) is 13.6. The van der Waals surface area contributed by atoms with Gasteiger partial charge in [-0.05, 0) is 37.0 Å². The smallest absolute Gasteiger partial charge is 0.311 e. The molecule has 1 aliphatic heterocycles. The Labute approximate surface area is 157 Å². The molecule has 0 aliphatic carbocycles. The average molecular weight is 409 g/mol. The number of carbonyl (C=O) groups is 1. The fraction of sp³-hybridized carbons (Fsp3) is 0.562. The van der Waals surface area contributed by atoms with Crippen LogP contribution >= 0.6 is 23.2 Å². The van der Waals surface area contributed by atoms with Crippen molar-refractivity contribution in [2.24, 2.45) is 5.73 Å². The maximum atomic E-state index is 11.7. The van der Waals surface area contributed by atoms with E-state index in [-0.39, 0.29) is 0 Å². The van der Waals surface area contributed by atoms with E-state index in [4.69, 9.17) is 28.9 Å². The largest absolute Gasteiger partial charge is 0.481 e. The number of halogens is 2. The van der Waals surface area contributed by atoms with E-state index < -0.39 is 33.1 Å². The van der Waals surface area contributed by atoms with Crippen LogP contribution in [0.15, 0.2) is 18.2 Å². The molecule has 6 nitrogen and oxygen atoms in total. The molecule has 0 bridgehead atoms. The average Bonchev–Trinajstić information content (AvgIpc) is 2.51. The van der Waals surface area contributed by atoms with Gasteiger partial charge in [0.25, 0.3) is 0 Å². The van der Waals surface area contributed by atoms with E-state index in [0.29, 0.717) is 48.0 Å². The molecule has 0 amide bonds. The van der Waals surface area contributed by atoms with Gasteiger partial charge in [-0.25, -0.2) is 8.42 Å². The van der Waals surface area contributed by atoms with E-state index in [1.165, 1.54) is 6.26 Å². The predicted octanol–water partition coefficient (Wildman–Crippen LogP) is 2.35. The van der Waals surface area contributed by atoms with Gasteiger partial charge in [0.05, 0.1) is 27.4 Å². The Morgan fingerprint density at radius 3 is 2.60 bits per heavy atom. The SMILES string of the molecule is CS(=O)(=O)C1CCN(CCC(C(=O)O)c2ccc(Cl)c(Cl)c2)C(N)C1. The van der Waals surface area contributed by atoms with E-state index in [1.807, 2.05) is 4.90 Å². The van der Waals surface area contributed by atoms with Crippen LogP contribution in [-0.2, 0) is 14.6 Å². The molecule has 0 radical (unpaired) electrons. The summed E-state index contributed by atoms with van der Waals surface area (Å²) >= 11 is 11.9. The van der Waals surface area contributed by atoms with Crippen LogP contribution in [0.5, 0.6) is 0 Å². The van der Waals surface area contributed by atoms with Crippen molar-refractivity contribution in [2.45, 2.75) is 36.6 Å². The highest BCUT2D eigenvalue weighted by molar-refractivity contribution is 7.91. The summed E-state index contributed by atoms with van der Waals surface area (Å²) < 4.78 is 23.3. The minimum absolute atomic E-state index is 0.316. The number of hydrogen-bond acceptors (Lipinski definition) is 5. The maximum Gasteiger partial charge on any atom is 0.311 e. The van der Waals surface area contributed by atoms with Gasteiger partial charge in [0.1, 0.15) is 9.84 Å². The predicted molar refractivity (Wildman–Crippen MR) is 98.9 cm³/mol. The summed E-state index contributed by atoms with van der Waals surface area (Å²) in [6.07, 6.45) is 2.06. The standard InChI is InChI=1S/C16H22Cl2N2O4S/c1-25(23,24)11-4-6-20(15(19)9-11)7-5-12(16(21)22)10-2-3-13(17)14(18)8-10/h2-3,8,11-12,15H,4-7,9,19H2,1H3,(H,21,22). The van der Waals surface area contributed by atoms with Gasteiger partial charge in [-0.3, -0.25) is 9.69 Å². The number of carboxylic acids is 1. The maximum absolute atomic E-state index is 11.7. The monoisotopic (exact) mass is 408 g/mol. The normalized spacial score (nSPS) is 23.4. The topological polar surface area (TPSA) is 101 Å². The lowest BCUT2D eigenvalue weighted by atomic mass is 9.95. The number of benzene rings is 1. The highest BCUT2D eigenvalue weighted by Gasteiger charge is 2.32. The second-order valence-electron chi connectivity index (χ2n) is 6.43. The first-order valence-electron chi connectivity index (χ1n) is 7.96. The molecule has 1 aromatic rings. The lowest BCUT2D eigenvalue weighted by Gasteiger charge is -2.37. The van der Waals surface area contributed by atoms with Crippen molar-refractivity contribution in [2.75, 3.05) is 19.3 Å². The first-order chi connectivity index (χ1) is 11.6. The lowest BCUT2D eigenvalue weighted by Crippen LogP contribution is -2.51. The summed E-state index contributed by atoms with van der Waals surface area (Å²) in [5.41, 5.74) is 6.67. The van der Waals surface area contributed by atoms with E-state index in [2.05, 4.69) is 0 Å². The van der Waals surface area contributed by atoms with Crippen molar-refractivity contribution in [3.8, 4) is 0 Å². The van der Waals surface area contributed by atoms with Gasteiger partial charge in [-0.15, -0.1) is 0 Å². The number of piperidine rings is 1. The molecule has 3 unspecified atom stereocenters. The number of nitrogens with zero attached hydrogens (tertiary/aromatic N) is 1. The second-order valence-corrected chi connectivity index (χ2v) is 9.57. The van der Waals surface area contributed by atoms with Gasteiger partial charge in [0.2, 0.25) is 0 Å². The molecule has 3 atom stereocenters. The third-order valence-electron chi connectivity index (χ3n) is 4.67. The van der Waals surface area contributed by atoms with E-state index in [1.54, 1.807) is 18.2 Å². The van der Waals surface area contributed by atoms with Crippen molar-refractivity contribution in [1.29, 1.82) is 0 Å². The molecular weight excluding hydrogens is 387 g/mol. The number of hydrogen-bond donors (Lipinski definition) is 2. The molecule has 1 aliphatic rings. The lowest BCUT2D eigenvalue weighted by molar-refractivity contribution is -0.139. The molecule has 0 spiro atoms. The van der Waals surface area contributed by atoms with Gasteiger partial charge in [0.15, 0.2) is 0 Å². The zero-order valence-corrected chi connectivity index (χ0v) is 16.2. The van der Waals surface area contributed by atoms with E-state index >= 15 is 0 Å². The molecule has 3 N–H and O–H groups in total. The first kappa shape index (κ1) is 20.5. The van der Waals surface area contributed by atoms with Crippen molar-refractivity contribution in [3.05, 3.63) is 33.8 Å². The Morgan fingerprint density at radius 1 is 1.40 bits per heavy atom. The molecule has 0 saturated carbocycles. The summed E-state index contributed by atoms with van der Waals surface area (Å²) in [6, 6.07) is 4.81. The van der Waals surface area contributed by atoms with Crippen molar-refractivity contribution in [3.63, 3.8) is 0 Å². The Morgan fingerprint density at radius 2 is 2.08 bits per heavy atom. The second kappa shape index (κ2) is 8.22. The van der Waals surface area contributed by atoms with E-state index in [0.717, 1.165) is 0 Å². The molecule has 9 heteroatoms. The quantitative estimate of drug-likeness (QED) is 0.748. The molecule has 1 aromatic carbocycles. The van der Waals surface area contributed by atoms with E-state index in [9.17, 15) is 18.3 Å². The number of rotatable bonds is 6. The van der Waals surface area contributed by atoms with Crippen LogP contribution < -0.4 is 5.73 Å². The molecule has 25 heavy (non-hydrogen) atoms. The van der Waals surface area contributed by atoms with Gasteiger partial charge in [-0.2, -0.15) is 0 Å².